The molecule has 0 saturated carbocycles. The lowest BCUT2D eigenvalue weighted by atomic mass is 10.1. The molecule has 2 fully saturated rings. The number of nitrogens with zero attached hydrogens (tertiary/aromatic N) is 1. The van der Waals surface area contributed by atoms with Gasteiger partial charge in [-0.1, -0.05) is 6.92 Å². The van der Waals surface area contributed by atoms with Crippen molar-refractivity contribution < 1.29 is 9.84 Å². The lowest BCUT2D eigenvalue weighted by molar-refractivity contribution is 0.0762. The molecule has 4 heteroatoms. The summed E-state index contributed by atoms with van der Waals surface area (Å²) in [5.74, 6) is 0.574. The van der Waals surface area contributed by atoms with E-state index in [0.717, 1.165) is 39.4 Å². The van der Waals surface area contributed by atoms with Gasteiger partial charge in [0.2, 0.25) is 0 Å². The summed E-state index contributed by atoms with van der Waals surface area (Å²) in [7, 11) is 0. The first-order chi connectivity index (χ1) is 6.77. The molecule has 82 valence electrons. The second-order valence-corrected chi connectivity index (χ2v) is 4.47. The summed E-state index contributed by atoms with van der Waals surface area (Å²) in [6.45, 7) is 7.49. The minimum absolute atomic E-state index is 0.208. The zero-order valence-corrected chi connectivity index (χ0v) is 8.78. The topological polar surface area (TPSA) is 44.7 Å². The monoisotopic (exact) mass is 200 g/mol. The van der Waals surface area contributed by atoms with E-state index in [1.807, 2.05) is 0 Å². The minimum atomic E-state index is -0.208. The first-order valence-corrected chi connectivity index (χ1v) is 5.48. The minimum Gasteiger partial charge on any atom is -0.390 e. The van der Waals surface area contributed by atoms with Gasteiger partial charge < -0.3 is 15.2 Å². The Morgan fingerprint density at radius 1 is 1.43 bits per heavy atom. The molecule has 2 saturated heterocycles. The molecule has 1 unspecified atom stereocenters. The van der Waals surface area contributed by atoms with Crippen LogP contribution < -0.4 is 5.32 Å². The van der Waals surface area contributed by atoms with Crippen LogP contribution in [0.15, 0.2) is 0 Å². The highest BCUT2D eigenvalue weighted by molar-refractivity contribution is 4.89. The van der Waals surface area contributed by atoms with Crippen LogP contribution in [-0.4, -0.2) is 61.5 Å². The molecular formula is C10H20N2O2. The number of rotatable bonds is 1. The lowest BCUT2D eigenvalue weighted by Crippen LogP contribution is -2.45. The third-order valence-electron chi connectivity index (χ3n) is 3.09. The highest BCUT2D eigenvalue weighted by atomic mass is 16.5. The van der Waals surface area contributed by atoms with Crippen LogP contribution in [0.25, 0.3) is 0 Å². The van der Waals surface area contributed by atoms with Crippen LogP contribution in [0.5, 0.6) is 0 Å². The summed E-state index contributed by atoms with van der Waals surface area (Å²) in [6, 6.07) is 0.291. The van der Waals surface area contributed by atoms with Crippen molar-refractivity contribution in [3.05, 3.63) is 0 Å². The molecule has 3 atom stereocenters. The molecule has 2 rings (SSSR count). The van der Waals surface area contributed by atoms with Gasteiger partial charge in [-0.3, -0.25) is 4.90 Å². The Morgan fingerprint density at radius 3 is 3.00 bits per heavy atom. The maximum atomic E-state index is 9.77. The predicted octanol–water partition coefficient (Wildman–Crippen LogP) is -0.713. The third-order valence-corrected chi connectivity index (χ3v) is 3.09. The summed E-state index contributed by atoms with van der Waals surface area (Å²) in [6.07, 6.45) is -0.208. The van der Waals surface area contributed by atoms with Gasteiger partial charge >= 0.3 is 0 Å². The lowest BCUT2D eigenvalue weighted by Gasteiger charge is -2.29. The van der Waals surface area contributed by atoms with E-state index in [1.54, 1.807) is 0 Å². The Labute approximate surface area is 85.2 Å². The molecular weight excluding hydrogens is 180 g/mol. The van der Waals surface area contributed by atoms with Crippen LogP contribution in [-0.2, 0) is 4.74 Å². The smallest absolute Gasteiger partial charge is 0.0831 e. The van der Waals surface area contributed by atoms with Crippen molar-refractivity contribution in [2.45, 2.75) is 19.1 Å². The molecule has 0 spiro atoms. The summed E-state index contributed by atoms with van der Waals surface area (Å²) in [4.78, 5) is 2.36. The highest BCUT2D eigenvalue weighted by Crippen LogP contribution is 2.14. The van der Waals surface area contributed by atoms with Crippen LogP contribution in [0.4, 0.5) is 0 Å². The van der Waals surface area contributed by atoms with E-state index in [9.17, 15) is 5.11 Å². The fourth-order valence-corrected chi connectivity index (χ4v) is 2.34. The van der Waals surface area contributed by atoms with Crippen LogP contribution in [0, 0.1) is 5.92 Å². The Bertz CT molecular complexity index is 189. The van der Waals surface area contributed by atoms with E-state index in [0.29, 0.717) is 12.0 Å². The molecule has 0 bridgehead atoms. The van der Waals surface area contributed by atoms with Crippen molar-refractivity contribution in [2.24, 2.45) is 5.92 Å². The van der Waals surface area contributed by atoms with Crippen molar-refractivity contribution >= 4 is 0 Å². The molecule has 2 aliphatic heterocycles. The van der Waals surface area contributed by atoms with Crippen molar-refractivity contribution in [1.82, 2.24) is 10.2 Å². The molecule has 14 heavy (non-hydrogen) atoms. The first-order valence-electron chi connectivity index (χ1n) is 5.48. The van der Waals surface area contributed by atoms with E-state index in [1.165, 1.54) is 0 Å². The van der Waals surface area contributed by atoms with Crippen molar-refractivity contribution in [2.75, 3.05) is 39.4 Å². The molecule has 2 aliphatic rings. The third kappa shape index (κ3) is 2.25. The average molecular weight is 200 g/mol. The number of β-amino-alcohol motifs (C(OH)–C–C–N with tert-alkyl or cyclic N) is 1. The zero-order valence-electron chi connectivity index (χ0n) is 8.78. The van der Waals surface area contributed by atoms with E-state index in [4.69, 9.17) is 4.74 Å². The maximum Gasteiger partial charge on any atom is 0.0831 e. The van der Waals surface area contributed by atoms with Crippen LogP contribution in [0.3, 0.4) is 0 Å². The number of aliphatic hydroxyl groups excluding tert-OH is 1. The predicted molar refractivity (Wildman–Crippen MR) is 54.2 cm³/mol. The van der Waals surface area contributed by atoms with Gasteiger partial charge in [-0.25, -0.2) is 0 Å². The largest absolute Gasteiger partial charge is 0.390 e. The van der Waals surface area contributed by atoms with Crippen LogP contribution in [0.2, 0.25) is 0 Å². The Kier molecular flexibility index (Phi) is 3.38. The summed E-state index contributed by atoms with van der Waals surface area (Å²) in [5.41, 5.74) is 0. The molecule has 2 heterocycles. The van der Waals surface area contributed by atoms with Gasteiger partial charge in [0.1, 0.15) is 0 Å². The first kappa shape index (κ1) is 10.4. The molecule has 0 aromatic heterocycles. The number of hydrogen-bond donors (Lipinski definition) is 2. The van der Waals surface area contributed by atoms with Crippen molar-refractivity contribution in [3.63, 3.8) is 0 Å². The molecule has 0 aromatic carbocycles. The van der Waals surface area contributed by atoms with Gasteiger partial charge in [0.05, 0.1) is 19.3 Å². The fraction of sp³-hybridized carbons (Fsp3) is 1.00. The summed E-state index contributed by atoms with van der Waals surface area (Å²) < 4.78 is 5.49. The second-order valence-electron chi connectivity index (χ2n) is 4.47. The molecule has 0 aliphatic carbocycles. The standard InChI is InChI=1S/C10H20N2O2/c1-8-6-12(2-3-14-7-8)9-4-11-5-10(9)13/h8-11,13H,2-7H2,1H3/t8?,9-,10-/m1/s1. The zero-order chi connectivity index (χ0) is 9.97. The van der Waals surface area contributed by atoms with E-state index in [2.05, 4.69) is 17.1 Å². The van der Waals surface area contributed by atoms with Gasteiger partial charge in [0.15, 0.2) is 0 Å². The van der Waals surface area contributed by atoms with Gasteiger partial charge in [0, 0.05) is 32.2 Å². The van der Waals surface area contributed by atoms with Crippen molar-refractivity contribution in [1.29, 1.82) is 0 Å². The van der Waals surface area contributed by atoms with Crippen LogP contribution >= 0.6 is 0 Å². The van der Waals surface area contributed by atoms with Gasteiger partial charge in [-0.2, -0.15) is 0 Å². The molecule has 0 radical (unpaired) electrons. The normalized spacial score (nSPS) is 41.1. The highest BCUT2D eigenvalue weighted by Gasteiger charge is 2.31. The van der Waals surface area contributed by atoms with E-state index >= 15 is 0 Å². The molecule has 4 nitrogen and oxygen atoms in total. The Balaban J connectivity index is 1.94. The number of aliphatic hydroxyl groups is 1. The van der Waals surface area contributed by atoms with E-state index in [-0.39, 0.29) is 6.10 Å². The quantitative estimate of drug-likeness (QED) is 0.587. The van der Waals surface area contributed by atoms with E-state index < -0.39 is 0 Å². The summed E-state index contributed by atoms with van der Waals surface area (Å²) >= 11 is 0. The molecule has 0 aromatic rings. The second kappa shape index (κ2) is 4.57. The maximum absolute atomic E-state index is 9.77. The number of hydrogen-bond acceptors (Lipinski definition) is 4. The number of ether oxygens (including phenoxy) is 1. The van der Waals surface area contributed by atoms with Crippen molar-refractivity contribution in [3.8, 4) is 0 Å². The molecule has 2 N–H and O–H groups in total. The Morgan fingerprint density at radius 2 is 2.29 bits per heavy atom. The van der Waals surface area contributed by atoms with Gasteiger partial charge in [-0.15, -0.1) is 0 Å². The Hall–Kier alpha value is -0.160. The van der Waals surface area contributed by atoms with Gasteiger partial charge in [0.25, 0.3) is 0 Å². The van der Waals surface area contributed by atoms with Gasteiger partial charge in [-0.05, 0) is 5.92 Å². The molecule has 0 amide bonds. The fourth-order valence-electron chi connectivity index (χ4n) is 2.34. The average Bonchev–Trinajstić information content (AvgIpc) is 2.45. The SMILES string of the molecule is CC1COCCN([C@@H]2CNC[C@H]2O)C1. The number of nitrogens with one attached hydrogen (secondary N) is 1. The summed E-state index contributed by atoms with van der Waals surface area (Å²) in [5, 5.41) is 13.0. The van der Waals surface area contributed by atoms with Crippen LogP contribution in [0.1, 0.15) is 6.92 Å².